The van der Waals surface area contributed by atoms with Crippen LogP contribution in [-0.2, 0) is 6.42 Å². The van der Waals surface area contributed by atoms with Crippen molar-refractivity contribution >= 4 is 17.3 Å². The average Bonchev–Trinajstić information content (AvgIpc) is 2.48. The molecule has 2 aromatic rings. The number of aliphatic hydroxyl groups is 1. The third kappa shape index (κ3) is 3.61. The van der Waals surface area contributed by atoms with E-state index in [-0.39, 0.29) is 23.4 Å². The summed E-state index contributed by atoms with van der Waals surface area (Å²) in [6, 6.07) is 6.95. The number of hydrogen-bond acceptors (Lipinski definition) is 6. The highest BCUT2D eigenvalue weighted by molar-refractivity contribution is 5.97. The molecule has 0 atom stereocenters. The van der Waals surface area contributed by atoms with Crippen molar-refractivity contribution in [3.05, 3.63) is 51.3 Å². The molecule has 23 heavy (non-hydrogen) atoms. The fourth-order valence-corrected chi connectivity index (χ4v) is 2.08. The first-order chi connectivity index (χ1) is 10.9. The second kappa shape index (κ2) is 6.84. The van der Waals surface area contributed by atoms with Crippen LogP contribution in [0.15, 0.2) is 39.3 Å². The molecule has 8 nitrogen and oxygen atoms in total. The van der Waals surface area contributed by atoms with Crippen molar-refractivity contribution in [1.82, 2.24) is 4.98 Å². The van der Waals surface area contributed by atoms with E-state index < -0.39 is 17.3 Å². The molecular weight excluding hydrogens is 300 g/mol. The van der Waals surface area contributed by atoms with Crippen molar-refractivity contribution in [3.63, 3.8) is 0 Å². The normalized spacial score (nSPS) is 11.0. The molecule has 2 rings (SSSR count). The lowest BCUT2D eigenvalue weighted by Gasteiger charge is -2.06. The Hall–Kier alpha value is -3.00. The number of rotatable bonds is 5. The Kier molecular flexibility index (Phi) is 4.87. The van der Waals surface area contributed by atoms with E-state index in [1.165, 1.54) is 6.92 Å². The third-order valence-corrected chi connectivity index (χ3v) is 3.26. The highest BCUT2D eigenvalue weighted by atomic mass is 16.3. The van der Waals surface area contributed by atoms with Crippen LogP contribution in [0.2, 0.25) is 0 Å². The molecule has 0 aliphatic heterocycles. The molecule has 1 aromatic carbocycles. The summed E-state index contributed by atoms with van der Waals surface area (Å²) in [4.78, 5) is 25.3. The van der Waals surface area contributed by atoms with Crippen molar-refractivity contribution in [2.24, 2.45) is 16.0 Å². The highest BCUT2D eigenvalue weighted by Gasteiger charge is 2.18. The fraction of sp³-hybridized carbons (Fsp3) is 0.200. The molecule has 1 aromatic heterocycles. The van der Waals surface area contributed by atoms with Crippen molar-refractivity contribution < 1.29 is 15.0 Å². The highest BCUT2D eigenvalue weighted by Crippen LogP contribution is 2.25. The number of aromatic nitrogens is 1. The van der Waals surface area contributed by atoms with Gasteiger partial charge in [-0.15, -0.1) is 5.11 Å². The zero-order chi connectivity index (χ0) is 17.0. The summed E-state index contributed by atoms with van der Waals surface area (Å²) >= 11 is 0. The molecule has 0 aliphatic rings. The van der Waals surface area contributed by atoms with Crippen LogP contribution in [-0.4, -0.2) is 27.7 Å². The molecular formula is C15H16N4O4. The first kappa shape index (κ1) is 16.4. The van der Waals surface area contributed by atoms with Gasteiger partial charge in [-0.3, -0.25) is 14.6 Å². The van der Waals surface area contributed by atoms with Gasteiger partial charge in [0.1, 0.15) is 5.56 Å². The topological polar surface area (TPSA) is 141 Å². The number of pyridine rings is 1. The van der Waals surface area contributed by atoms with Crippen LogP contribution in [0.5, 0.6) is 5.88 Å². The summed E-state index contributed by atoms with van der Waals surface area (Å²) < 4.78 is 0. The molecule has 0 unspecified atom stereocenters. The molecule has 0 bridgehead atoms. The van der Waals surface area contributed by atoms with Crippen LogP contribution >= 0.6 is 0 Å². The Labute approximate surface area is 131 Å². The molecule has 0 aliphatic carbocycles. The van der Waals surface area contributed by atoms with Crippen LogP contribution in [0, 0.1) is 6.92 Å². The van der Waals surface area contributed by atoms with Gasteiger partial charge in [-0.05, 0) is 31.0 Å². The number of amides is 1. The Morgan fingerprint density at radius 3 is 2.48 bits per heavy atom. The maximum atomic E-state index is 11.8. The first-order valence-corrected chi connectivity index (χ1v) is 6.81. The number of aliphatic hydroxyl groups excluding tert-OH is 1. The van der Waals surface area contributed by atoms with Gasteiger partial charge in [0.15, 0.2) is 5.69 Å². The number of H-pyrrole nitrogens is 1. The minimum atomic E-state index is -0.874. The lowest BCUT2D eigenvalue weighted by molar-refractivity contribution is 0.0996. The number of hydrogen-bond donors (Lipinski definition) is 4. The second-order valence-corrected chi connectivity index (χ2v) is 4.86. The molecule has 5 N–H and O–H groups in total. The van der Waals surface area contributed by atoms with E-state index in [4.69, 9.17) is 10.8 Å². The number of azo groups is 1. The summed E-state index contributed by atoms with van der Waals surface area (Å²) in [5, 5.41) is 26.2. The summed E-state index contributed by atoms with van der Waals surface area (Å²) in [5.41, 5.74) is 5.80. The lowest BCUT2D eigenvalue weighted by atomic mass is 10.1. The maximum Gasteiger partial charge on any atom is 0.278 e. The van der Waals surface area contributed by atoms with E-state index in [2.05, 4.69) is 15.2 Å². The van der Waals surface area contributed by atoms with Gasteiger partial charge in [-0.25, -0.2) is 0 Å². The SMILES string of the molecule is Cc1c(C(N)=O)c(O)[nH]c(=O)c1N=Nc1ccc(CCO)cc1. The van der Waals surface area contributed by atoms with Crippen molar-refractivity contribution in [2.75, 3.05) is 6.61 Å². The number of aromatic amines is 1. The molecule has 0 saturated heterocycles. The minimum Gasteiger partial charge on any atom is -0.494 e. The lowest BCUT2D eigenvalue weighted by Crippen LogP contribution is -2.18. The zero-order valence-corrected chi connectivity index (χ0v) is 12.4. The van der Waals surface area contributed by atoms with Gasteiger partial charge in [-0.2, -0.15) is 5.11 Å². The average molecular weight is 316 g/mol. The number of aromatic hydroxyl groups is 1. The van der Waals surface area contributed by atoms with Crippen molar-refractivity contribution in [2.45, 2.75) is 13.3 Å². The quantitative estimate of drug-likeness (QED) is 0.619. The number of carbonyl (C=O) groups is 1. The number of nitrogens with zero attached hydrogens (tertiary/aromatic N) is 2. The Morgan fingerprint density at radius 2 is 1.91 bits per heavy atom. The number of nitrogens with one attached hydrogen (secondary N) is 1. The molecule has 0 spiro atoms. The summed E-state index contributed by atoms with van der Waals surface area (Å²) in [7, 11) is 0. The largest absolute Gasteiger partial charge is 0.494 e. The molecule has 0 saturated carbocycles. The van der Waals surface area contributed by atoms with E-state index in [1.807, 2.05) is 0 Å². The number of primary amides is 1. The smallest absolute Gasteiger partial charge is 0.278 e. The molecule has 0 radical (unpaired) electrons. The van der Waals surface area contributed by atoms with Gasteiger partial charge in [-0.1, -0.05) is 12.1 Å². The van der Waals surface area contributed by atoms with Crippen LogP contribution < -0.4 is 11.3 Å². The van der Waals surface area contributed by atoms with Crippen LogP contribution in [0.3, 0.4) is 0 Å². The second-order valence-electron chi connectivity index (χ2n) is 4.86. The van der Waals surface area contributed by atoms with Crippen molar-refractivity contribution in [3.8, 4) is 5.88 Å². The summed E-state index contributed by atoms with van der Waals surface area (Å²) in [6.45, 7) is 1.51. The predicted octanol–water partition coefficient (Wildman–Crippen LogP) is 1.44. The predicted molar refractivity (Wildman–Crippen MR) is 83.4 cm³/mol. The summed E-state index contributed by atoms with van der Waals surface area (Å²) in [6.07, 6.45) is 0.538. The van der Waals surface area contributed by atoms with Gasteiger partial charge in [0.25, 0.3) is 11.5 Å². The Balaban J connectivity index is 2.37. The standard InChI is InChI=1S/C15H16N4O4/c1-8-11(13(16)21)14(22)17-15(23)12(8)19-18-10-4-2-9(3-5-10)6-7-20/h2-5,20H,6-7H2,1H3,(H2,16,21)(H2,17,22,23). The van der Waals surface area contributed by atoms with Gasteiger partial charge >= 0.3 is 0 Å². The third-order valence-electron chi connectivity index (χ3n) is 3.26. The minimum absolute atomic E-state index is 0.0544. The molecule has 8 heteroatoms. The van der Waals surface area contributed by atoms with E-state index in [0.717, 1.165) is 5.56 Å². The van der Waals surface area contributed by atoms with Crippen LogP contribution in [0.25, 0.3) is 0 Å². The van der Waals surface area contributed by atoms with E-state index in [9.17, 15) is 14.7 Å². The maximum absolute atomic E-state index is 11.8. The molecule has 0 fully saturated rings. The molecule has 1 heterocycles. The Bertz CT molecular complexity index is 809. The van der Waals surface area contributed by atoms with Gasteiger partial charge in [0.05, 0.1) is 5.69 Å². The zero-order valence-electron chi connectivity index (χ0n) is 12.4. The monoisotopic (exact) mass is 316 g/mol. The molecule has 1 amide bonds. The fourth-order valence-electron chi connectivity index (χ4n) is 2.08. The Morgan fingerprint density at radius 1 is 1.26 bits per heavy atom. The van der Waals surface area contributed by atoms with Crippen molar-refractivity contribution in [1.29, 1.82) is 0 Å². The number of benzene rings is 1. The molecule has 120 valence electrons. The van der Waals surface area contributed by atoms with Gasteiger partial charge < -0.3 is 15.9 Å². The number of carbonyl (C=O) groups excluding carboxylic acids is 1. The van der Waals surface area contributed by atoms with E-state index in [1.54, 1.807) is 24.3 Å². The van der Waals surface area contributed by atoms with Crippen LogP contribution in [0.4, 0.5) is 11.4 Å². The van der Waals surface area contributed by atoms with E-state index in [0.29, 0.717) is 12.1 Å². The first-order valence-electron chi connectivity index (χ1n) is 6.81. The van der Waals surface area contributed by atoms with Gasteiger partial charge in [0, 0.05) is 12.2 Å². The van der Waals surface area contributed by atoms with E-state index >= 15 is 0 Å². The van der Waals surface area contributed by atoms with Gasteiger partial charge in [0.2, 0.25) is 5.88 Å². The van der Waals surface area contributed by atoms with Crippen LogP contribution in [0.1, 0.15) is 21.5 Å². The number of nitrogens with two attached hydrogens (primary N) is 1. The summed E-state index contributed by atoms with van der Waals surface area (Å²) in [5.74, 6) is -1.46.